The number of fused-ring (bicyclic) bond motifs is 3. The molecule has 0 aromatic rings. The van der Waals surface area contributed by atoms with Gasteiger partial charge in [-0.1, -0.05) is 13.0 Å². The van der Waals surface area contributed by atoms with Gasteiger partial charge >= 0.3 is 0 Å². The van der Waals surface area contributed by atoms with Crippen LogP contribution in [-0.2, 0) is 14.3 Å². The topological polar surface area (TPSA) is 46.7 Å². The molecule has 1 saturated heterocycles. The van der Waals surface area contributed by atoms with Crippen molar-refractivity contribution in [2.45, 2.75) is 69.5 Å². The Morgan fingerprint density at radius 3 is 2.90 bits per heavy atom. The van der Waals surface area contributed by atoms with Gasteiger partial charge in [0.15, 0.2) is 0 Å². The number of ether oxygens (including phenoxy) is 1. The van der Waals surface area contributed by atoms with E-state index in [1.807, 2.05) is 0 Å². The molecule has 1 heterocycles. The lowest BCUT2D eigenvalue weighted by Gasteiger charge is -2.46. The van der Waals surface area contributed by atoms with Crippen LogP contribution in [0.15, 0.2) is 11.6 Å². The van der Waals surface area contributed by atoms with E-state index < -0.39 is 0 Å². The molecule has 0 amide bonds. The summed E-state index contributed by atoms with van der Waals surface area (Å²) in [5, 5.41) is 0. The number of carbonyl (C=O) groups excluding carboxylic acids is 2. The molecule has 0 N–H and O–H groups in total. The number of hydrogen-bond acceptors (Lipinski definition) is 3. The molecule has 0 bridgehead atoms. The molecule has 5 atom stereocenters. The molecule has 0 radical (unpaired) electrons. The van der Waals surface area contributed by atoms with E-state index in [0.717, 1.165) is 38.5 Å². The maximum Gasteiger partial charge on any atom is 0.139 e. The Balaban J connectivity index is 1.57. The van der Waals surface area contributed by atoms with Crippen molar-refractivity contribution in [2.24, 2.45) is 17.3 Å². The van der Waals surface area contributed by atoms with Crippen LogP contribution in [0.25, 0.3) is 0 Å². The molecule has 112 valence electrons. The lowest BCUT2D eigenvalue weighted by Crippen LogP contribution is -2.47. The highest BCUT2D eigenvalue weighted by Crippen LogP contribution is 2.71. The van der Waals surface area contributed by atoms with Gasteiger partial charge in [-0.05, 0) is 49.5 Å². The van der Waals surface area contributed by atoms with Crippen LogP contribution in [0.3, 0.4) is 0 Å². The number of ketones is 2. The summed E-state index contributed by atoms with van der Waals surface area (Å²) in [5.41, 5.74) is 1.08. The van der Waals surface area contributed by atoms with E-state index in [1.54, 1.807) is 0 Å². The maximum atomic E-state index is 12.3. The van der Waals surface area contributed by atoms with Gasteiger partial charge in [0, 0.05) is 24.7 Å². The second-order valence-corrected chi connectivity index (χ2v) is 8.13. The zero-order valence-electron chi connectivity index (χ0n) is 12.6. The SMILES string of the molecule is C[C@]12CC=C3[C@@H](CC[C@@]45CC(=O)CC[C@@]34O5)[C@@H]1CCC2=O. The van der Waals surface area contributed by atoms with Crippen LogP contribution in [0.5, 0.6) is 0 Å². The lowest BCUT2D eigenvalue weighted by atomic mass is 9.55. The summed E-state index contributed by atoms with van der Waals surface area (Å²) in [6.45, 7) is 2.18. The van der Waals surface area contributed by atoms with Crippen molar-refractivity contribution >= 4 is 11.6 Å². The summed E-state index contributed by atoms with van der Waals surface area (Å²) in [6.07, 6.45) is 9.33. The van der Waals surface area contributed by atoms with Crippen molar-refractivity contribution in [3.8, 4) is 0 Å². The average Bonchev–Trinajstić information content (AvgIpc) is 3.05. The van der Waals surface area contributed by atoms with E-state index in [1.165, 1.54) is 5.57 Å². The molecule has 4 aliphatic carbocycles. The number of Topliss-reactive ketones (excluding diaryl/α,β-unsaturated/α-hetero) is 2. The third-order valence-electron chi connectivity index (χ3n) is 7.40. The lowest BCUT2D eigenvalue weighted by molar-refractivity contribution is -0.127. The molecule has 0 unspecified atom stereocenters. The van der Waals surface area contributed by atoms with Crippen molar-refractivity contribution in [3.63, 3.8) is 0 Å². The minimum atomic E-state index is -0.152. The van der Waals surface area contributed by atoms with Crippen LogP contribution in [-0.4, -0.2) is 22.8 Å². The Morgan fingerprint density at radius 1 is 1.19 bits per heavy atom. The summed E-state index contributed by atoms with van der Waals surface area (Å²) >= 11 is 0. The van der Waals surface area contributed by atoms with Crippen LogP contribution in [0, 0.1) is 17.3 Å². The third kappa shape index (κ3) is 1.27. The molecule has 4 fully saturated rings. The molecule has 0 spiro atoms. The van der Waals surface area contributed by atoms with Crippen molar-refractivity contribution in [1.29, 1.82) is 0 Å². The van der Waals surface area contributed by atoms with Crippen molar-refractivity contribution in [1.82, 2.24) is 0 Å². The number of epoxide rings is 1. The zero-order chi connectivity index (χ0) is 14.5. The predicted molar refractivity (Wildman–Crippen MR) is 76.7 cm³/mol. The largest absolute Gasteiger partial charge is 0.357 e. The van der Waals surface area contributed by atoms with Crippen molar-refractivity contribution in [2.75, 3.05) is 0 Å². The third-order valence-corrected chi connectivity index (χ3v) is 7.40. The highest BCUT2D eigenvalue weighted by atomic mass is 16.6. The van der Waals surface area contributed by atoms with Crippen molar-refractivity contribution < 1.29 is 14.3 Å². The molecule has 3 heteroatoms. The minimum absolute atomic E-state index is 0.114. The summed E-state index contributed by atoms with van der Waals surface area (Å²) in [4.78, 5) is 24.2. The van der Waals surface area contributed by atoms with Crippen LogP contribution < -0.4 is 0 Å². The fourth-order valence-electron chi connectivity index (χ4n) is 6.20. The van der Waals surface area contributed by atoms with Gasteiger partial charge in [-0.2, -0.15) is 0 Å². The maximum absolute atomic E-state index is 12.3. The number of carbonyl (C=O) groups is 2. The summed E-state index contributed by atoms with van der Waals surface area (Å²) < 4.78 is 6.29. The smallest absolute Gasteiger partial charge is 0.139 e. The summed E-state index contributed by atoms with van der Waals surface area (Å²) in [5.74, 6) is 1.88. The molecule has 5 rings (SSSR count). The molecule has 0 aromatic carbocycles. The Kier molecular flexibility index (Phi) is 2.10. The van der Waals surface area contributed by atoms with E-state index in [-0.39, 0.29) is 16.6 Å². The second-order valence-electron chi connectivity index (χ2n) is 8.13. The first kappa shape index (κ1) is 12.6. The highest BCUT2D eigenvalue weighted by Gasteiger charge is 2.76. The standard InChI is InChI=1S/C18H22O3/c1-16-7-6-14-12(13(16)2-3-15(16)20)5-8-17-10-11(19)4-9-18(14,17)21-17/h6,12-13H,2-5,7-10H2,1H3/t12-,13-,16-,17+,18+/m0/s1. The van der Waals surface area contributed by atoms with Gasteiger partial charge in [0.2, 0.25) is 0 Å². The number of rotatable bonds is 0. The van der Waals surface area contributed by atoms with Gasteiger partial charge in [-0.25, -0.2) is 0 Å². The molecule has 1 aliphatic heterocycles. The monoisotopic (exact) mass is 286 g/mol. The van der Waals surface area contributed by atoms with Crippen LogP contribution in [0.1, 0.15) is 58.3 Å². The first-order valence-corrected chi connectivity index (χ1v) is 8.47. The molecular formula is C18H22O3. The minimum Gasteiger partial charge on any atom is -0.357 e. The Bertz CT molecular complexity index is 606. The normalized spacial score (nSPS) is 54.2. The number of allylic oxidation sites excluding steroid dienone is 1. The summed E-state index contributed by atoms with van der Waals surface area (Å²) in [6, 6.07) is 0. The van der Waals surface area contributed by atoms with Gasteiger partial charge in [-0.3, -0.25) is 9.59 Å². The van der Waals surface area contributed by atoms with Gasteiger partial charge in [0.25, 0.3) is 0 Å². The van der Waals surface area contributed by atoms with Crippen LogP contribution >= 0.6 is 0 Å². The van der Waals surface area contributed by atoms with Gasteiger partial charge in [0.1, 0.15) is 22.8 Å². The molecule has 3 nitrogen and oxygen atoms in total. The Labute approximate surface area is 125 Å². The van der Waals surface area contributed by atoms with E-state index >= 15 is 0 Å². The fourth-order valence-corrected chi connectivity index (χ4v) is 6.20. The Hall–Kier alpha value is -0.960. The molecule has 0 aromatic heterocycles. The fraction of sp³-hybridized carbons (Fsp3) is 0.778. The molecule has 5 aliphatic rings. The predicted octanol–water partition coefficient (Wildman–Crippen LogP) is 2.97. The zero-order valence-corrected chi connectivity index (χ0v) is 12.6. The summed E-state index contributed by atoms with van der Waals surface area (Å²) in [7, 11) is 0. The van der Waals surface area contributed by atoms with Crippen LogP contribution in [0.4, 0.5) is 0 Å². The molecular weight excluding hydrogens is 264 g/mol. The molecule has 3 saturated carbocycles. The number of hydrogen-bond donors (Lipinski definition) is 0. The second kappa shape index (κ2) is 3.51. The van der Waals surface area contributed by atoms with Gasteiger partial charge in [-0.15, -0.1) is 0 Å². The Morgan fingerprint density at radius 2 is 2.05 bits per heavy atom. The van der Waals surface area contributed by atoms with E-state index in [0.29, 0.717) is 36.2 Å². The van der Waals surface area contributed by atoms with E-state index in [4.69, 9.17) is 4.74 Å². The van der Waals surface area contributed by atoms with Gasteiger partial charge < -0.3 is 4.74 Å². The average molecular weight is 286 g/mol. The van der Waals surface area contributed by atoms with E-state index in [9.17, 15) is 9.59 Å². The van der Waals surface area contributed by atoms with E-state index in [2.05, 4.69) is 13.0 Å². The highest BCUT2D eigenvalue weighted by molar-refractivity contribution is 5.88. The quantitative estimate of drug-likeness (QED) is 0.508. The first-order chi connectivity index (χ1) is 10.0. The van der Waals surface area contributed by atoms with Crippen LogP contribution in [0.2, 0.25) is 0 Å². The first-order valence-electron chi connectivity index (χ1n) is 8.47. The van der Waals surface area contributed by atoms with Crippen molar-refractivity contribution in [3.05, 3.63) is 11.6 Å². The van der Waals surface area contributed by atoms with Gasteiger partial charge in [0.05, 0.1) is 0 Å². The molecule has 21 heavy (non-hydrogen) atoms.